The molecule has 2 aliphatic rings. The van der Waals surface area contributed by atoms with E-state index >= 15 is 0 Å². The summed E-state index contributed by atoms with van der Waals surface area (Å²) in [5.41, 5.74) is 6.55. The van der Waals surface area contributed by atoms with Crippen LogP contribution in [0.3, 0.4) is 0 Å². The van der Waals surface area contributed by atoms with Gasteiger partial charge in [-0.1, -0.05) is 0 Å². The van der Waals surface area contributed by atoms with Crippen LogP contribution in [0.4, 0.5) is 25.1 Å². The van der Waals surface area contributed by atoms with Gasteiger partial charge in [-0.15, -0.1) is 0 Å². The molecule has 0 unspecified atom stereocenters. The third-order valence-electron chi connectivity index (χ3n) is 4.97. The summed E-state index contributed by atoms with van der Waals surface area (Å²) in [5.74, 6) is -2.48. The Kier molecular flexibility index (Phi) is 4.96. The highest BCUT2D eigenvalue weighted by atomic mass is 19.3. The van der Waals surface area contributed by atoms with Crippen LogP contribution < -0.4 is 20.7 Å². The number of nitrogens with zero attached hydrogens (tertiary/aromatic N) is 3. The maximum absolute atomic E-state index is 14.0. The van der Waals surface area contributed by atoms with E-state index < -0.39 is 36.9 Å². The zero-order chi connectivity index (χ0) is 21.5. The van der Waals surface area contributed by atoms with Gasteiger partial charge >= 0.3 is 6.09 Å². The van der Waals surface area contributed by atoms with Crippen molar-refractivity contribution in [2.24, 2.45) is 5.73 Å². The van der Waals surface area contributed by atoms with Crippen LogP contribution in [0.5, 0.6) is 5.75 Å². The molecule has 4 rings (SSSR count). The van der Waals surface area contributed by atoms with Crippen LogP contribution in [0.25, 0.3) is 11.4 Å². The first-order valence-electron chi connectivity index (χ1n) is 9.46. The maximum atomic E-state index is 14.0. The second-order valence-electron chi connectivity index (χ2n) is 7.25. The van der Waals surface area contributed by atoms with Gasteiger partial charge in [0.05, 0.1) is 25.3 Å². The van der Waals surface area contributed by atoms with Gasteiger partial charge < -0.3 is 25.1 Å². The predicted octanol–water partition coefficient (Wildman–Crippen LogP) is 2.21. The number of amides is 2. The van der Waals surface area contributed by atoms with E-state index in [-0.39, 0.29) is 12.4 Å². The molecule has 1 aromatic heterocycles. The fourth-order valence-corrected chi connectivity index (χ4v) is 3.32. The van der Waals surface area contributed by atoms with Crippen LogP contribution in [0.1, 0.15) is 13.3 Å². The van der Waals surface area contributed by atoms with E-state index in [9.17, 15) is 18.4 Å². The number of nitrogens with one attached hydrogen (secondary N) is 1. The Morgan fingerprint density at radius 1 is 1.33 bits per heavy atom. The van der Waals surface area contributed by atoms with E-state index in [2.05, 4.69) is 10.3 Å². The van der Waals surface area contributed by atoms with Crippen molar-refractivity contribution in [1.29, 1.82) is 0 Å². The van der Waals surface area contributed by atoms with Crippen molar-refractivity contribution in [3.05, 3.63) is 24.4 Å². The summed E-state index contributed by atoms with van der Waals surface area (Å²) in [7, 11) is 0. The fraction of sp³-hybridized carbons (Fsp3) is 0.421. The van der Waals surface area contributed by atoms with Gasteiger partial charge in [0.15, 0.2) is 5.82 Å². The average molecular weight is 421 g/mol. The number of nitrogens with two attached hydrogens (primary N) is 1. The second kappa shape index (κ2) is 7.47. The van der Waals surface area contributed by atoms with Crippen molar-refractivity contribution in [3.8, 4) is 17.1 Å². The normalized spacial score (nSPS) is 18.8. The second-order valence-corrected chi connectivity index (χ2v) is 7.25. The Morgan fingerprint density at radius 3 is 2.90 bits per heavy atom. The number of hydrogen-bond acceptors (Lipinski definition) is 6. The molecule has 0 spiro atoms. The summed E-state index contributed by atoms with van der Waals surface area (Å²) in [4.78, 5) is 28.8. The first-order valence-corrected chi connectivity index (χ1v) is 9.46. The number of aromatic nitrogens is 2. The van der Waals surface area contributed by atoms with E-state index in [0.29, 0.717) is 36.0 Å². The fourth-order valence-electron chi connectivity index (χ4n) is 3.32. The Morgan fingerprint density at radius 2 is 2.13 bits per heavy atom. The van der Waals surface area contributed by atoms with Crippen molar-refractivity contribution in [1.82, 2.24) is 9.55 Å². The van der Waals surface area contributed by atoms with Crippen molar-refractivity contribution in [2.45, 2.75) is 31.9 Å². The summed E-state index contributed by atoms with van der Waals surface area (Å²) >= 11 is 0. The summed E-state index contributed by atoms with van der Waals surface area (Å²) in [6.07, 6.45) is 0.161. The monoisotopic (exact) mass is 421 g/mol. The zero-order valence-electron chi connectivity index (χ0n) is 16.2. The number of anilines is 2. The third kappa shape index (κ3) is 3.87. The molecule has 0 aliphatic carbocycles. The van der Waals surface area contributed by atoms with E-state index in [0.717, 1.165) is 4.90 Å². The van der Waals surface area contributed by atoms with Gasteiger partial charge in [-0.05, 0) is 19.1 Å². The number of imidazole rings is 1. The summed E-state index contributed by atoms with van der Waals surface area (Å²) in [6, 6.07) is 4.63. The molecule has 3 heterocycles. The minimum atomic E-state index is -3.06. The van der Waals surface area contributed by atoms with Gasteiger partial charge in [0.25, 0.3) is 5.92 Å². The van der Waals surface area contributed by atoms with Crippen LogP contribution in [-0.4, -0.2) is 53.3 Å². The van der Waals surface area contributed by atoms with E-state index in [1.165, 1.54) is 6.20 Å². The lowest BCUT2D eigenvalue weighted by molar-refractivity contribution is -0.118. The van der Waals surface area contributed by atoms with Gasteiger partial charge in [-0.3, -0.25) is 9.69 Å². The predicted molar refractivity (Wildman–Crippen MR) is 104 cm³/mol. The molecule has 0 bridgehead atoms. The smallest absolute Gasteiger partial charge is 0.415 e. The Hall–Kier alpha value is -3.37. The molecule has 2 aliphatic heterocycles. The molecule has 1 atom stereocenters. The Bertz CT molecular complexity index is 993. The minimum absolute atomic E-state index is 0.0916. The zero-order valence-corrected chi connectivity index (χ0v) is 16.2. The third-order valence-corrected chi connectivity index (χ3v) is 4.97. The molecular weight excluding hydrogens is 400 g/mol. The van der Waals surface area contributed by atoms with Crippen molar-refractivity contribution in [3.63, 3.8) is 0 Å². The SMILES string of the molecule is C[C@H](Nc1ccc2c(c1)OCCn1cc(N3CC(F)(F)CCOC3=O)nc1-2)C(N)=O. The topological polar surface area (TPSA) is 112 Å². The van der Waals surface area contributed by atoms with E-state index in [1.807, 2.05) is 0 Å². The molecule has 11 heteroatoms. The van der Waals surface area contributed by atoms with Gasteiger partial charge in [0.2, 0.25) is 5.91 Å². The number of primary amides is 1. The van der Waals surface area contributed by atoms with Gasteiger partial charge in [-0.2, -0.15) is 0 Å². The molecule has 2 amide bonds. The van der Waals surface area contributed by atoms with Gasteiger partial charge in [0.1, 0.15) is 24.2 Å². The van der Waals surface area contributed by atoms with Gasteiger partial charge in [0, 0.05) is 24.4 Å². The van der Waals surface area contributed by atoms with E-state index in [1.54, 1.807) is 29.7 Å². The van der Waals surface area contributed by atoms with E-state index in [4.69, 9.17) is 15.2 Å². The summed E-state index contributed by atoms with van der Waals surface area (Å²) < 4.78 is 40.4. The maximum Gasteiger partial charge on any atom is 0.415 e. The van der Waals surface area contributed by atoms with Crippen molar-refractivity contribution >= 4 is 23.5 Å². The number of fused-ring (bicyclic) bond motifs is 3. The molecule has 160 valence electrons. The highest BCUT2D eigenvalue weighted by molar-refractivity contribution is 5.87. The number of rotatable bonds is 4. The van der Waals surface area contributed by atoms with Crippen LogP contribution in [0, 0.1) is 0 Å². The number of ether oxygens (including phenoxy) is 2. The van der Waals surface area contributed by atoms with Crippen LogP contribution in [-0.2, 0) is 16.1 Å². The number of alkyl halides is 2. The first kappa shape index (κ1) is 19.9. The molecule has 2 aromatic rings. The molecule has 9 nitrogen and oxygen atoms in total. The molecule has 1 saturated heterocycles. The van der Waals surface area contributed by atoms with Crippen molar-refractivity contribution < 1.29 is 27.8 Å². The lowest BCUT2D eigenvalue weighted by Crippen LogP contribution is -2.38. The average Bonchev–Trinajstić information content (AvgIpc) is 2.94. The molecular formula is C19H21F2N5O4. The highest BCUT2D eigenvalue weighted by Gasteiger charge is 2.39. The molecule has 0 radical (unpaired) electrons. The Labute approximate surface area is 170 Å². The lowest BCUT2D eigenvalue weighted by Gasteiger charge is -2.20. The van der Waals surface area contributed by atoms with Crippen LogP contribution in [0.15, 0.2) is 24.4 Å². The van der Waals surface area contributed by atoms with Crippen LogP contribution in [0.2, 0.25) is 0 Å². The van der Waals surface area contributed by atoms with Crippen molar-refractivity contribution in [2.75, 3.05) is 30.0 Å². The number of carbonyl (C=O) groups is 2. The quantitative estimate of drug-likeness (QED) is 0.783. The molecule has 30 heavy (non-hydrogen) atoms. The lowest BCUT2D eigenvalue weighted by atomic mass is 10.1. The number of carbonyl (C=O) groups excluding carboxylic acids is 2. The standard InChI is InChI=1S/C19H21F2N5O4/c1-11(16(22)27)23-12-2-3-13-14(8-12)29-7-5-25-9-15(24-17(13)25)26-10-19(20,21)4-6-30-18(26)28/h2-3,8-9,11,23H,4-7,10H2,1H3,(H2,22,27)/t11-/m0/s1. The molecule has 1 fully saturated rings. The molecule has 3 N–H and O–H groups in total. The van der Waals surface area contributed by atoms with Crippen LogP contribution >= 0.6 is 0 Å². The summed E-state index contributed by atoms with van der Waals surface area (Å²) in [6.45, 7) is 1.23. The summed E-state index contributed by atoms with van der Waals surface area (Å²) in [5, 5.41) is 2.98. The molecule has 1 aromatic carbocycles. The number of halogens is 2. The number of cyclic esters (lactones) is 1. The number of hydrogen-bond donors (Lipinski definition) is 2. The largest absolute Gasteiger partial charge is 0.491 e. The minimum Gasteiger partial charge on any atom is -0.491 e. The molecule has 0 saturated carbocycles. The Balaban J connectivity index is 1.67. The van der Waals surface area contributed by atoms with Gasteiger partial charge in [-0.25, -0.2) is 18.6 Å². The first-order chi connectivity index (χ1) is 14.2. The number of benzene rings is 1. The highest BCUT2D eigenvalue weighted by Crippen LogP contribution is 2.36.